The van der Waals surface area contributed by atoms with E-state index in [-0.39, 0.29) is 18.7 Å². The number of carbonyl (C=O) groups excluding carboxylic acids is 2. The molecule has 0 aromatic heterocycles. The van der Waals surface area contributed by atoms with Crippen molar-refractivity contribution in [3.05, 3.63) is 42.5 Å². The molecule has 0 aliphatic heterocycles. The Bertz CT molecular complexity index is 587. The fourth-order valence-corrected chi connectivity index (χ4v) is 1.76. The maximum atomic E-state index is 11.6. The molecule has 1 amide bonds. The van der Waals surface area contributed by atoms with Crippen LogP contribution in [0.4, 0.5) is 5.69 Å². The van der Waals surface area contributed by atoms with Gasteiger partial charge in [0, 0.05) is 23.5 Å². The molecule has 92 valence electrons. The molecule has 1 N–H and O–H groups in total. The van der Waals surface area contributed by atoms with Crippen molar-refractivity contribution in [2.45, 2.75) is 12.8 Å². The average molecular weight is 242 g/mol. The Hall–Kier alpha value is -2.36. The lowest BCUT2D eigenvalue weighted by molar-refractivity contribution is -0.305. The van der Waals surface area contributed by atoms with E-state index in [1.165, 1.54) is 0 Å². The van der Waals surface area contributed by atoms with E-state index >= 15 is 0 Å². The van der Waals surface area contributed by atoms with Gasteiger partial charge in [-0.1, -0.05) is 36.4 Å². The van der Waals surface area contributed by atoms with Crippen molar-refractivity contribution in [2.24, 2.45) is 0 Å². The molecule has 2 aromatic carbocycles. The first-order valence-corrected chi connectivity index (χ1v) is 5.64. The molecule has 0 saturated heterocycles. The second kappa shape index (κ2) is 5.31. The largest absolute Gasteiger partial charge is 0.550 e. The molecule has 0 saturated carbocycles. The molecule has 0 unspecified atom stereocenters. The minimum atomic E-state index is -1.22. The van der Waals surface area contributed by atoms with Crippen LogP contribution in [0.3, 0.4) is 0 Å². The number of carboxylic acid groups (broad SMARTS) is 1. The van der Waals surface area contributed by atoms with Gasteiger partial charge < -0.3 is 15.2 Å². The Morgan fingerprint density at radius 1 is 1.00 bits per heavy atom. The summed E-state index contributed by atoms with van der Waals surface area (Å²) in [4.78, 5) is 21.8. The average Bonchev–Trinajstić information content (AvgIpc) is 2.37. The highest BCUT2D eigenvalue weighted by molar-refractivity contribution is 6.02. The smallest absolute Gasteiger partial charge is 0.224 e. The topological polar surface area (TPSA) is 69.2 Å². The van der Waals surface area contributed by atoms with Crippen molar-refractivity contribution in [3.8, 4) is 0 Å². The molecule has 0 radical (unpaired) electrons. The van der Waals surface area contributed by atoms with Crippen molar-refractivity contribution in [3.63, 3.8) is 0 Å². The van der Waals surface area contributed by atoms with Gasteiger partial charge in [0.05, 0.1) is 0 Å². The number of carbonyl (C=O) groups is 2. The summed E-state index contributed by atoms with van der Waals surface area (Å²) < 4.78 is 0. The first-order valence-electron chi connectivity index (χ1n) is 5.64. The maximum Gasteiger partial charge on any atom is 0.224 e. The van der Waals surface area contributed by atoms with Gasteiger partial charge in [-0.2, -0.15) is 0 Å². The Labute approximate surface area is 104 Å². The van der Waals surface area contributed by atoms with Gasteiger partial charge in [0.1, 0.15) is 0 Å². The lowest BCUT2D eigenvalue weighted by Crippen LogP contribution is -2.24. The summed E-state index contributed by atoms with van der Waals surface area (Å²) in [6.07, 6.45) is -0.345. The maximum absolute atomic E-state index is 11.6. The third kappa shape index (κ3) is 2.85. The Morgan fingerprint density at radius 2 is 1.72 bits per heavy atom. The van der Waals surface area contributed by atoms with Crippen molar-refractivity contribution >= 4 is 28.3 Å². The molecule has 0 atom stereocenters. The first kappa shape index (κ1) is 12.1. The van der Waals surface area contributed by atoms with Gasteiger partial charge in [-0.05, 0) is 17.9 Å². The van der Waals surface area contributed by atoms with E-state index in [0.717, 1.165) is 10.8 Å². The van der Waals surface area contributed by atoms with E-state index in [9.17, 15) is 14.7 Å². The van der Waals surface area contributed by atoms with Gasteiger partial charge in [0.2, 0.25) is 5.91 Å². The zero-order valence-electron chi connectivity index (χ0n) is 9.68. The minimum Gasteiger partial charge on any atom is -0.550 e. The van der Waals surface area contributed by atoms with Crippen LogP contribution in [0.1, 0.15) is 12.8 Å². The highest BCUT2D eigenvalue weighted by Crippen LogP contribution is 2.22. The summed E-state index contributed by atoms with van der Waals surface area (Å²) >= 11 is 0. The van der Waals surface area contributed by atoms with Crippen molar-refractivity contribution in [1.82, 2.24) is 0 Å². The van der Waals surface area contributed by atoms with Crippen molar-refractivity contribution in [2.75, 3.05) is 5.32 Å². The van der Waals surface area contributed by atoms with Crippen LogP contribution in [0.5, 0.6) is 0 Å². The predicted octanol–water partition coefficient (Wildman–Crippen LogP) is 1.31. The zero-order chi connectivity index (χ0) is 13.0. The highest BCUT2D eigenvalue weighted by Gasteiger charge is 2.05. The van der Waals surface area contributed by atoms with Crippen molar-refractivity contribution < 1.29 is 14.7 Å². The third-order valence-corrected chi connectivity index (χ3v) is 2.62. The van der Waals surface area contributed by atoms with Gasteiger partial charge in [-0.25, -0.2) is 0 Å². The summed E-state index contributed by atoms with van der Waals surface area (Å²) in [6, 6.07) is 13.3. The van der Waals surface area contributed by atoms with E-state index < -0.39 is 5.97 Å². The van der Waals surface area contributed by atoms with Crippen LogP contribution in [0.2, 0.25) is 0 Å². The SMILES string of the molecule is O=C([O-])CCC(=O)Nc1cccc2ccccc12. The first-order chi connectivity index (χ1) is 8.66. The van der Waals surface area contributed by atoms with Gasteiger partial charge in [-0.3, -0.25) is 4.79 Å². The Morgan fingerprint density at radius 3 is 2.50 bits per heavy atom. The van der Waals surface area contributed by atoms with Gasteiger partial charge >= 0.3 is 0 Å². The number of hydrogen-bond acceptors (Lipinski definition) is 3. The Kier molecular flexibility index (Phi) is 3.57. The molecule has 0 aliphatic carbocycles. The minimum absolute atomic E-state index is 0.0778. The molecule has 2 rings (SSSR count). The van der Waals surface area contributed by atoms with Crippen molar-refractivity contribution in [1.29, 1.82) is 0 Å². The number of nitrogens with one attached hydrogen (secondary N) is 1. The molecule has 4 heteroatoms. The van der Waals surface area contributed by atoms with Crippen LogP contribution in [0.25, 0.3) is 10.8 Å². The second-order valence-electron chi connectivity index (χ2n) is 3.95. The number of anilines is 1. The van der Waals surface area contributed by atoms with Gasteiger partial charge in [-0.15, -0.1) is 0 Å². The quantitative estimate of drug-likeness (QED) is 0.878. The molecule has 18 heavy (non-hydrogen) atoms. The molecular formula is C14H12NO3-. The number of hydrogen-bond donors (Lipinski definition) is 1. The number of aliphatic carboxylic acids is 1. The molecule has 2 aromatic rings. The predicted molar refractivity (Wildman–Crippen MR) is 66.8 cm³/mol. The molecule has 4 nitrogen and oxygen atoms in total. The molecule has 0 aliphatic rings. The van der Waals surface area contributed by atoms with E-state index in [0.29, 0.717) is 5.69 Å². The summed E-state index contributed by atoms with van der Waals surface area (Å²) in [5, 5.41) is 14.9. The third-order valence-electron chi connectivity index (χ3n) is 2.62. The lowest BCUT2D eigenvalue weighted by Gasteiger charge is -2.08. The summed E-state index contributed by atoms with van der Waals surface area (Å²) in [6.45, 7) is 0. The van der Waals surface area contributed by atoms with E-state index in [4.69, 9.17) is 0 Å². The number of rotatable bonds is 4. The van der Waals surface area contributed by atoms with Gasteiger partial charge in [0.25, 0.3) is 0 Å². The molecular weight excluding hydrogens is 230 g/mol. The zero-order valence-corrected chi connectivity index (χ0v) is 9.68. The fourth-order valence-electron chi connectivity index (χ4n) is 1.76. The van der Waals surface area contributed by atoms with Crippen LogP contribution >= 0.6 is 0 Å². The van der Waals surface area contributed by atoms with E-state index in [2.05, 4.69) is 5.32 Å². The normalized spacial score (nSPS) is 10.2. The number of amides is 1. The van der Waals surface area contributed by atoms with Crippen LogP contribution in [-0.4, -0.2) is 11.9 Å². The summed E-state index contributed by atoms with van der Waals surface area (Å²) in [5.41, 5.74) is 0.691. The van der Waals surface area contributed by atoms with Crippen LogP contribution in [0, 0.1) is 0 Å². The standard InChI is InChI=1S/C14H13NO3/c16-13(8-9-14(17)18)15-12-7-3-5-10-4-1-2-6-11(10)12/h1-7H,8-9H2,(H,15,16)(H,17,18)/p-1. The lowest BCUT2D eigenvalue weighted by atomic mass is 10.1. The summed E-state index contributed by atoms with van der Waals surface area (Å²) in [5.74, 6) is -1.54. The van der Waals surface area contributed by atoms with Gasteiger partial charge in [0.15, 0.2) is 0 Å². The second-order valence-corrected chi connectivity index (χ2v) is 3.95. The highest BCUT2D eigenvalue weighted by atomic mass is 16.4. The number of benzene rings is 2. The number of fused-ring (bicyclic) bond motifs is 1. The monoisotopic (exact) mass is 242 g/mol. The molecule has 0 fully saturated rings. The van der Waals surface area contributed by atoms with E-state index in [1.807, 2.05) is 36.4 Å². The number of carboxylic acids is 1. The van der Waals surface area contributed by atoms with Crippen LogP contribution in [-0.2, 0) is 9.59 Å². The van der Waals surface area contributed by atoms with E-state index in [1.54, 1.807) is 6.07 Å². The molecule has 0 bridgehead atoms. The van der Waals surface area contributed by atoms with Crippen LogP contribution < -0.4 is 10.4 Å². The molecule has 0 heterocycles. The van der Waals surface area contributed by atoms with Crippen LogP contribution in [0.15, 0.2) is 42.5 Å². The molecule has 0 spiro atoms. The summed E-state index contributed by atoms with van der Waals surface area (Å²) in [7, 11) is 0. The fraction of sp³-hybridized carbons (Fsp3) is 0.143. The Balaban J connectivity index is 2.16.